The van der Waals surface area contributed by atoms with Crippen LogP contribution in [0.5, 0.6) is 23.0 Å². The number of aromatic nitrogens is 1. The Balaban J connectivity index is 0.000000258. The van der Waals surface area contributed by atoms with Gasteiger partial charge in [-0.05, 0) is 90.2 Å². The first kappa shape index (κ1) is 41.8. The van der Waals surface area contributed by atoms with Gasteiger partial charge >= 0.3 is 12.4 Å². The minimum Gasteiger partial charge on any atom is -0.493 e. The van der Waals surface area contributed by atoms with Crippen LogP contribution in [0.2, 0.25) is 0 Å². The molecular weight excluding hydrogens is 728 g/mol. The van der Waals surface area contributed by atoms with E-state index in [2.05, 4.69) is 10.3 Å². The minimum absolute atomic E-state index is 0.157. The number of alkyl halides is 6. The molecule has 14 heteroatoms. The predicted molar refractivity (Wildman–Crippen MR) is 198 cm³/mol. The number of pyridine rings is 1. The number of hydrogen-bond donors (Lipinski definition) is 1. The maximum Gasteiger partial charge on any atom is 0.416 e. The summed E-state index contributed by atoms with van der Waals surface area (Å²) in [6, 6.07) is 24.3. The molecule has 0 aliphatic rings. The minimum atomic E-state index is -4.38. The number of anilines is 2. The summed E-state index contributed by atoms with van der Waals surface area (Å²) in [4.78, 5) is 18.7. The summed E-state index contributed by atoms with van der Waals surface area (Å²) in [7, 11) is 6.15. The number of carbonyl (C=O) groups is 1. The molecule has 0 saturated heterocycles. The van der Waals surface area contributed by atoms with Crippen molar-refractivity contribution in [3.8, 4) is 23.0 Å². The lowest BCUT2D eigenvalue weighted by Gasteiger charge is -2.24. The molecular formula is C41H41F6N3O5. The second-order valence-corrected chi connectivity index (χ2v) is 12.0. The van der Waals surface area contributed by atoms with Crippen LogP contribution >= 0.6 is 0 Å². The molecule has 292 valence electrons. The molecule has 5 rings (SSSR count). The second-order valence-electron chi connectivity index (χ2n) is 12.0. The lowest BCUT2D eigenvalue weighted by atomic mass is 10.1. The molecule has 55 heavy (non-hydrogen) atoms. The quantitative estimate of drug-likeness (QED) is 0.113. The molecule has 1 N–H and O–H groups in total. The molecule has 1 heterocycles. The van der Waals surface area contributed by atoms with Crippen LogP contribution in [0.25, 0.3) is 0 Å². The number of ether oxygens (including phenoxy) is 4. The molecule has 0 aliphatic heterocycles. The van der Waals surface area contributed by atoms with E-state index in [0.717, 1.165) is 41.1 Å². The van der Waals surface area contributed by atoms with Crippen LogP contribution in [0.3, 0.4) is 0 Å². The summed E-state index contributed by atoms with van der Waals surface area (Å²) >= 11 is 0. The van der Waals surface area contributed by atoms with Crippen LogP contribution in [0, 0.1) is 0 Å². The summed E-state index contributed by atoms with van der Waals surface area (Å²) in [6.07, 6.45) is -4.29. The van der Waals surface area contributed by atoms with Crippen molar-refractivity contribution in [2.24, 2.45) is 0 Å². The third kappa shape index (κ3) is 12.3. The van der Waals surface area contributed by atoms with Gasteiger partial charge in [-0.25, -0.2) is 0 Å². The zero-order valence-electron chi connectivity index (χ0n) is 30.6. The predicted octanol–water partition coefficient (Wildman–Crippen LogP) is 9.31. The average molecular weight is 770 g/mol. The summed E-state index contributed by atoms with van der Waals surface area (Å²) in [5.41, 5.74) is 2.47. The zero-order valence-corrected chi connectivity index (χ0v) is 30.6. The highest BCUT2D eigenvalue weighted by Gasteiger charge is 2.30. The van der Waals surface area contributed by atoms with Gasteiger partial charge in [0.15, 0.2) is 23.0 Å². The maximum absolute atomic E-state index is 13.2. The highest BCUT2D eigenvalue weighted by Crippen LogP contribution is 2.33. The van der Waals surface area contributed by atoms with Crippen molar-refractivity contribution in [2.75, 3.05) is 51.7 Å². The van der Waals surface area contributed by atoms with Crippen molar-refractivity contribution in [3.63, 3.8) is 0 Å². The highest BCUT2D eigenvalue weighted by molar-refractivity contribution is 5.95. The van der Waals surface area contributed by atoms with Crippen molar-refractivity contribution in [1.82, 2.24) is 4.98 Å². The van der Waals surface area contributed by atoms with Gasteiger partial charge in [-0.15, -0.1) is 0 Å². The van der Waals surface area contributed by atoms with Crippen LogP contribution in [-0.2, 0) is 36.4 Å². The van der Waals surface area contributed by atoms with Crippen molar-refractivity contribution >= 4 is 17.3 Å². The number of benzene rings is 4. The van der Waals surface area contributed by atoms with E-state index >= 15 is 0 Å². The van der Waals surface area contributed by atoms with Crippen LogP contribution in [-0.4, -0.2) is 52.4 Å². The molecule has 1 amide bonds. The zero-order chi connectivity index (χ0) is 40.0. The number of rotatable bonds is 14. The van der Waals surface area contributed by atoms with Gasteiger partial charge in [-0.1, -0.05) is 24.3 Å². The van der Waals surface area contributed by atoms with Crippen LogP contribution in [0.1, 0.15) is 27.8 Å². The van der Waals surface area contributed by atoms with E-state index in [9.17, 15) is 31.1 Å². The van der Waals surface area contributed by atoms with Crippen LogP contribution < -0.4 is 29.2 Å². The Kier molecular flexibility index (Phi) is 14.8. The van der Waals surface area contributed by atoms with Gasteiger partial charge in [0.1, 0.15) is 0 Å². The van der Waals surface area contributed by atoms with Gasteiger partial charge in [0.05, 0.1) is 46.0 Å². The van der Waals surface area contributed by atoms with Crippen molar-refractivity contribution in [3.05, 3.63) is 137 Å². The molecule has 0 aliphatic carbocycles. The van der Waals surface area contributed by atoms with Gasteiger partial charge in [0.25, 0.3) is 0 Å². The lowest BCUT2D eigenvalue weighted by Crippen LogP contribution is -2.34. The van der Waals surface area contributed by atoms with Crippen LogP contribution in [0.4, 0.5) is 37.7 Å². The molecule has 0 atom stereocenters. The van der Waals surface area contributed by atoms with Crippen LogP contribution in [0.15, 0.2) is 109 Å². The molecule has 0 bridgehead atoms. The number of amides is 1. The van der Waals surface area contributed by atoms with E-state index in [0.29, 0.717) is 53.6 Å². The standard InChI is InChI=1S/C24H23F3N2O3.C17H18F3NO2/c1-31-21-8-7-20(16-22(21)32-2)29(23(30)15-18-9-12-28-13-10-18)14-11-17-3-5-19(6-4-17)24(25,26)27;1-22-15-8-7-14(11-16(15)23-2)21-10-9-12-3-5-13(6-4-12)17(18,19)20/h3-10,12-13,16H,11,14-15H2,1-2H3;3-8,11,21H,9-10H2,1-2H3. The normalized spacial score (nSPS) is 11.2. The fourth-order valence-electron chi connectivity index (χ4n) is 5.42. The lowest BCUT2D eigenvalue weighted by molar-refractivity contribution is -0.138. The topological polar surface area (TPSA) is 82.2 Å². The SMILES string of the molecule is COc1ccc(N(CCc2ccc(C(F)(F)F)cc2)C(=O)Cc2ccncc2)cc1OC.COc1ccc(NCCc2ccc(C(F)(F)F)cc2)cc1OC. The van der Waals surface area contributed by atoms with Gasteiger partial charge in [-0.3, -0.25) is 9.78 Å². The molecule has 1 aromatic heterocycles. The summed E-state index contributed by atoms with van der Waals surface area (Å²) < 4.78 is 96.9. The Morgan fingerprint density at radius 1 is 0.600 bits per heavy atom. The maximum atomic E-state index is 13.2. The number of nitrogens with zero attached hydrogens (tertiary/aromatic N) is 2. The van der Waals surface area contributed by atoms with Gasteiger partial charge in [0.2, 0.25) is 5.91 Å². The van der Waals surface area contributed by atoms with E-state index in [4.69, 9.17) is 18.9 Å². The Bertz CT molecular complexity index is 1960. The Morgan fingerprint density at radius 3 is 1.60 bits per heavy atom. The summed E-state index contributed by atoms with van der Waals surface area (Å²) in [5.74, 6) is 2.10. The van der Waals surface area contributed by atoms with E-state index in [1.165, 1.54) is 38.5 Å². The second kappa shape index (κ2) is 19.4. The van der Waals surface area contributed by atoms with E-state index in [1.807, 2.05) is 12.1 Å². The van der Waals surface area contributed by atoms with E-state index in [-0.39, 0.29) is 18.9 Å². The first-order valence-corrected chi connectivity index (χ1v) is 16.9. The number of methoxy groups -OCH3 is 4. The van der Waals surface area contributed by atoms with Gasteiger partial charge in [-0.2, -0.15) is 26.3 Å². The van der Waals surface area contributed by atoms with Crippen molar-refractivity contribution in [1.29, 1.82) is 0 Å². The van der Waals surface area contributed by atoms with Gasteiger partial charge in [0, 0.05) is 49.0 Å². The van der Waals surface area contributed by atoms with E-state index < -0.39 is 23.5 Å². The number of hydrogen-bond acceptors (Lipinski definition) is 7. The van der Waals surface area contributed by atoms with Crippen molar-refractivity contribution < 1.29 is 50.1 Å². The molecule has 0 radical (unpaired) electrons. The Hall–Kier alpha value is -5.92. The largest absolute Gasteiger partial charge is 0.493 e. The molecule has 0 unspecified atom stereocenters. The number of carbonyl (C=O) groups excluding carboxylic acids is 1. The molecule has 0 saturated carbocycles. The Labute approximate surface area is 315 Å². The molecule has 5 aromatic rings. The molecule has 0 spiro atoms. The smallest absolute Gasteiger partial charge is 0.416 e. The first-order valence-electron chi connectivity index (χ1n) is 16.9. The van der Waals surface area contributed by atoms with Crippen molar-refractivity contribution in [2.45, 2.75) is 31.6 Å². The molecule has 0 fully saturated rings. The number of nitrogens with one attached hydrogen (secondary N) is 1. The summed E-state index contributed by atoms with van der Waals surface area (Å²) in [6.45, 7) is 0.881. The number of halogens is 6. The summed E-state index contributed by atoms with van der Waals surface area (Å²) in [5, 5.41) is 3.21. The Morgan fingerprint density at radius 2 is 1.09 bits per heavy atom. The third-order valence-corrected chi connectivity index (χ3v) is 8.40. The van der Waals surface area contributed by atoms with Gasteiger partial charge < -0.3 is 29.2 Å². The monoisotopic (exact) mass is 769 g/mol. The third-order valence-electron chi connectivity index (χ3n) is 8.40. The highest BCUT2D eigenvalue weighted by atomic mass is 19.4. The fraction of sp³-hybridized carbons (Fsp3) is 0.268. The molecule has 8 nitrogen and oxygen atoms in total. The fourth-order valence-corrected chi connectivity index (χ4v) is 5.42. The first-order chi connectivity index (χ1) is 26.2. The molecule has 4 aromatic carbocycles. The van der Waals surface area contributed by atoms with E-state index in [1.54, 1.807) is 67.9 Å². The average Bonchev–Trinajstić information content (AvgIpc) is 3.18.